The summed E-state index contributed by atoms with van der Waals surface area (Å²) < 4.78 is 5.15. The summed E-state index contributed by atoms with van der Waals surface area (Å²) >= 11 is 17.0. The topological polar surface area (TPSA) is 76.4 Å². The molecule has 9 heteroatoms. The Hall–Kier alpha value is -2.09. The van der Waals surface area contributed by atoms with Gasteiger partial charge in [-0.05, 0) is 36.5 Å². The number of methoxy groups -OCH3 is 1. The van der Waals surface area contributed by atoms with Crippen LogP contribution in [0.5, 0.6) is 5.75 Å². The van der Waals surface area contributed by atoms with Crippen LogP contribution in [0.2, 0.25) is 10.0 Å². The van der Waals surface area contributed by atoms with Crippen LogP contribution in [0.3, 0.4) is 0 Å². The Labute approximate surface area is 147 Å². The standard InChI is InChI=1S/C14H11Cl2N3O3S/c1-22-13-5-3-9(19(20)21)7-12(13)18-14(23)17-8-2-4-10(15)11(16)6-8/h2-7H,1H3,(H2,17,18,23). The Balaban J connectivity index is 2.17. The van der Waals surface area contributed by atoms with E-state index in [0.717, 1.165) is 0 Å². The highest BCUT2D eigenvalue weighted by atomic mass is 35.5. The van der Waals surface area contributed by atoms with Crippen LogP contribution < -0.4 is 15.4 Å². The van der Waals surface area contributed by atoms with Crippen LogP contribution in [0.4, 0.5) is 17.1 Å². The summed E-state index contributed by atoms with van der Waals surface area (Å²) in [4.78, 5) is 10.4. The fourth-order valence-electron chi connectivity index (χ4n) is 1.77. The molecule has 2 rings (SSSR count). The molecule has 0 aliphatic rings. The number of halogens is 2. The van der Waals surface area contributed by atoms with E-state index in [4.69, 9.17) is 40.2 Å². The Morgan fingerprint density at radius 2 is 1.91 bits per heavy atom. The fourth-order valence-corrected chi connectivity index (χ4v) is 2.29. The van der Waals surface area contributed by atoms with Crippen molar-refractivity contribution in [2.45, 2.75) is 0 Å². The van der Waals surface area contributed by atoms with Crippen molar-refractivity contribution in [3.63, 3.8) is 0 Å². The third kappa shape index (κ3) is 4.44. The zero-order chi connectivity index (χ0) is 17.0. The lowest BCUT2D eigenvalue weighted by atomic mass is 10.2. The van der Waals surface area contributed by atoms with Gasteiger partial charge in [0, 0.05) is 17.8 Å². The predicted octanol–water partition coefficient (Wildman–Crippen LogP) is 4.72. The summed E-state index contributed by atoms with van der Waals surface area (Å²) in [5.41, 5.74) is 0.922. The highest BCUT2D eigenvalue weighted by Gasteiger charge is 2.12. The molecule has 0 bridgehead atoms. The number of rotatable bonds is 4. The van der Waals surface area contributed by atoms with Gasteiger partial charge in [0.05, 0.1) is 27.8 Å². The molecule has 2 aromatic rings. The van der Waals surface area contributed by atoms with Gasteiger partial charge in [0.1, 0.15) is 5.75 Å². The molecule has 0 radical (unpaired) electrons. The molecule has 0 fully saturated rings. The van der Waals surface area contributed by atoms with Gasteiger partial charge in [0.25, 0.3) is 5.69 Å². The SMILES string of the molecule is COc1ccc([N+](=O)[O-])cc1NC(=S)Nc1ccc(Cl)c(Cl)c1. The van der Waals surface area contributed by atoms with Gasteiger partial charge in [0.2, 0.25) is 0 Å². The van der Waals surface area contributed by atoms with E-state index >= 15 is 0 Å². The first kappa shape index (κ1) is 17.3. The number of nitro groups is 1. The van der Waals surface area contributed by atoms with Gasteiger partial charge < -0.3 is 15.4 Å². The molecular formula is C14H11Cl2N3O3S. The predicted molar refractivity (Wildman–Crippen MR) is 96.0 cm³/mol. The summed E-state index contributed by atoms with van der Waals surface area (Å²) in [6.07, 6.45) is 0. The summed E-state index contributed by atoms with van der Waals surface area (Å²) in [5.74, 6) is 0.425. The second-order valence-corrected chi connectivity index (χ2v) is 5.57. The molecule has 0 saturated carbocycles. The van der Waals surface area contributed by atoms with Gasteiger partial charge in [-0.15, -0.1) is 0 Å². The van der Waals surface area contributed by atoms with Gasteiger partial charge in [-0.2, -0.15) is 0 Å². The highest BCUT2D eigenvalue weighted by Crippen LogP contribution is 2.29. The van der Waals surface area contributed by atoms with E-state index in [1.807, 2.05) is 0 Å². The maximum atomic E-state index is 10.9. The molecule has 0 amide bonds. The number of benzene rings is 2. The van der Waals surface area contributed by atoms with E-state index < -0.39 is 4.92 Å². The molecule has 120 valence electrons. The van der Waals surface area contributed by atoms with Crippen molar-refractivity contribution < 1.29 is 9.66 Å². The Morgan fingerprint density at radius 1 is 1.17 bits per heavy atom. The zero-order valence-corrected chi connectivity index (χ0v) is 14.1. The second-order valence-electron chi connectivity index (χ2n) is 4.35. The molecule has 6 nitrogen and oxygen atoms in total. The normalized spacial score (nSPS) is 10.0. The lowest BCUT2D eigenvalue weighted by molar-refractivity contribution is -0.384. The molecule has 0 heterocycles. The molecule has 2 N–H and O–H groups in total. The van der Waals surface area contributed by atoms with E-state index in [-0.39, 0.29) is 10.8 Å². The average Bonchev–Trinajstić information content (AvgIpc) is 2.50. The minimum absolute atomic E-state index is 0.0781. The minimum Gasteiger partial charge on any atom is -0.495 e. The molecule has 0 atom stereocenters. The van der Waals surface area contributed by atoms with Gasteiger partial charge in [-0.1, -0.05) is 23.2 Å². The maximum absolute atomic E-state index is 10.9. The van der Waals surface area contributed by atoms with E-state index in [0.29, 0.717) is 27.2 Å². The fraction of sp³-hybridized carbons (Fsp3) is 0.0714. The number of nitro benzene ring substituents is 1. The van der Waals surface area contributed by atoms with Crippen LogP contribution in [-0.4, -0.2) is 17.1 Å². The molecule has 0 spiro atoms. The molecule has 0 aliphatic heterocycles. The van der Waals surface area contributed by atoms with Crippen molar-refractivity contribution in [1.82, 2.24) is 0 Å². The van der Waals surface area contributed by atoms with E-state index in [2.05, 4.69) is 10.6 Å². The maximum Gasteiger partial charge on any atom is 0.271 e. The summed E-state index contributed by atoms with van der Waals surface area (Å²) in [6, 6.07) is 9.11. The van der Waals surface area contributed by atoms with Crippen LogP contribution in [0.25, 0.3) is 0 Å². The van der Waals surface area contributed by atoms with E-state index in [9.17, 15) is 10.1 Å². The smallest absolute Gasteiger partial charge is 0.271 e. The third-order valence-corrected chi connectivity index (χ3v) is 3.76. The average molecular weight is 372 g/mol. The molecule has 23 heavy (non-hydrogen) atoms. The number of nitrogens with one attached hydrogen (secondary N) is 2. The Kier molecular flexibility index (Phi) is 5.59. The molecule has 0 aromatic heterocycles. The molecule has 0 aliphatic carbocycles. The summed E-state index contributed by atoms with van der Waals surface area (Å²) in [5, 5.41) is 17.7. The third-order valence-electron chi connectivity index (χ3n) is 2.82. The monoisotopic (exact) mass is 371 g/mol. The minimum atomic E-state index is -0.500. The van der Waals surface area contributed by atoms with Gasteiger partial charge in [0.15, 0.2) is 5.11 Å². The number of thiocarbonyl (C=S) groups is 1. The van der Waals surface area contributed by atoms with Crippen LogP contribution in [0, 0.1) is 10.1 Å². The van der Waals surface area contributed by atoms with Gasteiger partial charge in [-0.25, -0.2) is 0 Å². The van der Waals surface area contributed by atoms with Crippen LogP contribution in [0.1, 0.15) is 0 Å². The lowest BCUT2D eigenvalue weighted by Crippen LogP contribution is -2.19. The van der Waals surface area contributed by atoms with Crippen molar-refractivity contribution in [3.8, 4) is 5.75 Å². The van der Waals surface area contributed by atoms with E-state index in [1.54, 1.807) is 18.2 Å². The lowest BCUT2D eigenvalue weighted by Gasteiger charge is -2.13. The van der Waals surface area contributed by atoms with Crippen molar-refractivity contribution in [1.29, 1.82) is 0 Å². The van der Waals surface area contributed by atoms with E-state index in [1.165, 1.54) is 25.3 Å². The number of ether oxygens (including phenoxy) is 1. The summed E-state index contributed by atoms with van der Waals surface area (Å²) in [6.45, 7) is 0. The van der Waals surface area contributed by atoms with Crippen LogP contribution in [0.15, 0.2) is 36.4 Å². The number of non-ortho nitro benzene ring substituents is 1. The summed E-state index contributed by atoms with van der Waals surface area (Å²) in [7, 11) is 1.46. The first-order valence-electron chi connectivity index (χ1n) is 6.26. The number of hydrogen-bond donors (Lipinski definition) is 2. The van der Waals surface area contributed by atoms with Crippen molar-refractivity contribution >= 4 is 57.6 Å². The first-order valence-corrected chi connectivity index (χ1v) is 7.42. The van der Waals surface area contributed by atoms with Crippen molar-refractivity contribution in [3.05, 3.63) is 56.6 Å². The number of nitrogens with zero attached hydrogens (tertiary/aromatic N) is 1. The number of hydrogen-bond acceptors (Lipinski definition) is 4. The van der Waals surface area contributed by atoms with Gasteiger partial charge >= 0.3 is 0 Å². The molecular weight excluding hydrogens is 361 g/mol. The first-order chi connectivity index (χ1) is 10.9. The zero-order valence-electron chi connectivity index (χ0n) is 11.8. The van der Waals surface area contributed by atoms with Crippen LogP contribution in [-0.2, 0) is 0 Å². The van der Waals surface area contributed by atoms with Gasteiger partial charge in [-0.3, -0.25) is 10.1 Å². The van der Waals surface area contributed by atoms with Crippen molar-refractivity contribution in [2.24, 2.45) is 0 Å². The van der Waals surface area contributed by atoms with Crippen molar-refractivity contribution in [2.75, 3.05) is 17.7 Å². The molecule has 2 aromatic carbocycles. The molecule has 0 saturated heterocycles. The Bertz CT molecular complexity index is 771. The second kappa shape index (κ2) is 7.45. The highest BCUT2D eigenvalue weighted by molar-refractivity contribution is 7.80. The Morgan fingerprint density at radius 3 is 2.52 bits per heavy atom. The quantitative estimate of drug-likeness (QED) is 0.460. The largest absolute Gasteiger partial charge is 0.495 e. The number of anilines is 2. The van der Waals surface area contributed by atoms with Crippen LogP contribution >= 0.6 is 35.4 Å². The molecule has 0 unspecified atom stereocenters.